The highest BCUT2D eigenvalue weighted by molar-refractivity contribution is 6.01. The number of carbonyl (C=O) groups is 1. The monoisotopic (exact) mass is 205 g/mol. The average molecular weight is 205 g/mol. The second-order valence-corrected chi connectivity index (χ2v) is 3.04. The van der Waals surface area contributed by atoms with E-state index in [-0.39, 0.29) is 11.7 Å². The van der Waals surface area contributed by atoms with Crippen molar-refractivity contribution in [3.05, 3.63) is 30.0 Å². The van der Waals surface area contributed by atoms with Crippen LogP contribution in [0.5, 0.6) is 5.75 Å². The zero-order chi connectivity index (χ0) is 10.8. The van der Waals surface area contributed by atoms with E-state index in [0.29, 0.717) is 11.3 Å². The molecule has 1 heterocycles. The van der Waals surface area contributed by atoms with Crippen LogP contribution in [0.3, 0.4) is 0 Å². The van der Waals surface area contributed by atoms with Gasteiger partial charge in [-0.2, -0.15) is 0 Å². The van der Waals surface area contributed by atoms with E-state index in [2.05, 4.69) is 5.32 Å². The quantitative estimate of drug-likeness (QED) is 0.813. The van der Waals surface area contributed by atoms with Gasteiger partial charge in [-0.15, -0.1) is 0 Å². The van der Waals surface area contributed by atoms with Gasteiger partial charge >= 0.3 is 0 Å². The standard InChI is InChI=1S/C11H11NO3/c1-12-11(13)10-9(14-2)7-5-3-4-6-8(7)15-10/h3-6H,1-2H3,(H,12,13). The largest absolute Gasteiger partial charge is 0.492 e. The molecular weight excluding hydrogens is 194 g/mol. The summed E-state index contributed by atoms with van der Waals surface area (Å²) in [5, 5.41) is 3.31. The van der Waals surface area contributed by atoms with E-state index in [0.717, 1.165) is 5.39 Å². The van der Waals surface area contributed by atoms with E-state index >= 15 is 0 Å². The summed E-state index contributed by atoms with van der Waals surface area (Å²) in [6.45, 7) is 0. The van der Waals surface area contributed by atoms with Gasteiger partial charge in [0.15, 0.2) is 5.75 Å². The fourth-order valence-corrected chi connectivity index (χ4v) is 1.49. The Balaban J connectivity index is 2.69. The molecule has 1 aromatic heterocycles. The average Bonchev–Trinajstić information content (AvgIpc) is 2.66. The Kier molecular flexibility index (Phi) is 2.33. The van der Waals surface area contributed by atoms with Crippen molar-refractivity contribution in [2.45, 2.75) is 0 Å². The van der Waals surface area contributed by atoms with Gasteiger partial charge in [0.05, 0.1) is 12.5 Å². The fraction of sp³-hybridized carbons (Fsp3) is 0.182. The number of para-hydroxylation sites is 1. The predicted octanol–water partition coefficient (Wildman–Crippen LogP) is 1.80. The summed E-state index contributed by atoms with van der Waals surface area (Å²) >= 11 is 0. The molecule has 1 aromatic carbocycles. The zero-order valence-electron chi connectivity index (χ0n) is 8.53. The molecule has 4 heteroatoms. The zero-order valence-corrected chi connectivity index (χ0v) is 8.53. The van der Waals surface area contributed by atoms with E-state index in [4.69, 9.17) is 9.15 Å². The number of hydrogen-bond donors (Lipinski definition) is 1. The third-order valence-electron chi connectivity index (χ3n) is 2.19. The first-order chi connectivity index (χ1) is 7.27. The second kappa shape index (κ2) is 3.65. The van der Waals surface area contributed by atoms with Crippen LogP contribution in [0.15, 0.2) is 28.7 Å². The number of fused-ring (bicyclic) bond motifs is 1. The number of methoxy groups -OCH3 is 1. The van der Waals surface area contributed by atoms with Crippen molar-refractivity contribution in [3.63, 3.8) is 0 Å². The van der Waals surface area contributed by atoms with E-state index in [1.165, 1.54) is 7.11 Å². The van der Waals surface area contributed by atoms with Crippen molar-refractivity contribution in [2.75, 3.05) is 14.2 Å². The molecule has 1 amide bonds. The number of ether oxygens (including phenoxy) is 1. The maximum Gasteiger partial charge on any atom is 0.290 e. The van der Waals surface area contributed by atoms with E-state index < -0.39 is 0 Å². The lowest BCUT2D eigenvalue weighted by Gasteiger charge is -1.99. The summed E-state index contributed by atoms with van der Waals surface area (Å²) in [5.41, 5.74) is 0.646. The molecule has 2 aromatic rings. The van der Waals surface area contributed by atoms with Gasteiger partial charge in [0, 0.05) is 7.05 Å². The molecule has 0 bridgehead atoms. The molecule has 0 aliphatic heterocycles. The van der Waals surface area contributed by atoms with Gasteiger partial charge in [-0.05, 0) is 12.1 Å². The maximum absolute atomic E-state index is 11.5. The van der Waals surface area contributed by atoms with Gasteiger partial charge in [0.2, 0.25) is 5.76 Å². The smallest absolute Gasteiger partial charge is 0.290 e. The van der Waals surface area contributed by atoms with Crippen LogP contribution in [0.4, 0.5) is 0 Å². The molecule has 0 unspecified atom stereocenters. The maximum atomic E-state index is 11.5. The molecule has 15 heavy (non-hydrogen) atoms. The Morgan fingerprint density at radius 3 is 2.80 bits per heavy atom. The van der Waals surface area contributed by atoms with Crippen LogP contribution >= 0.6 is 0 Å². The second-order valence-electron chi connectivity index (χ2n) is 3.04. The van der Waals surface area contributed by atoms with E-state index in [1.54, 1.807) is 13.1 Å². The molecule has 0 fully saturated rings. The third-order valence-corrected chi connectivity index (χ3v) is 2.19. The van der Waals surface area contributed by atoms with Crippen LogP contribution in [-0.4, -0.2) is 20.1 Å². The molecule has 2 rings (SSSR count). The summed E-state index contributed by atoms with van der Waals surface area (Å²) in [6, 6.07) is 7.36. The van der Waals surface area contributed by atoms with Crippen molar-refractivity contribution in [1.29, 1.82) is 0 Å². The molecular formula is C11H11NO3. The van der Waals surface area contributed by atoms with E-state index in [1.807, 2.05) is 18.2 Å². The number of benzene rings is 1. The molecule has 4 nitrogen and oxygen atoms in total. The first-order valence-electron chi connectivity index (χ1n) is 4.55. The number of nitrogens with one attached hydrogen (secondary N) is 1. The van der Waals surface area contributed by atoms with Crippen LogP contribution in [0.2, 0.25) is 0 Å². The third kappa shape index (κ3) is 1.44. The van der Waals surface area contributed by atoms with Crippen LogP contribution in [-0.2, 0) is 0 Å². The molecule has 0 aliphatic rings. The highest BCUT2D eigenvalue weighted by atomic mass is 16.5. The van der Waals surface area contributed by atoms with Gasteiger partial charge in [0.25, 0.3) is 5.91 Å². The lowest BCUT2D eigenvalue weighted by molar-refractivity contribution is 0.0933. The van der Waals surface area contributed by atoms with E-state index in [9.17, 15) is 4.79 Å². The van der Waals surface area contributed by atoms with Gasteiger partial charge in [-0.3, -0.25) is 4.79 Å². The number of carbonyl (C=O) groups excluding carboxylic acids is 1. The molecule has 0 spiro atoms. The summed E-state index contributed by atoms with van der Waals surface area (Å²) in [6.07, 6.45) is 0. The number of furan rings is 1. The minimum atomic E-state index is -0.289. The lowest BCUT2D eigenvalue weighted by Crippen LogP contribution is -2.17. The molecule has 0 saturated carbocycles. The van der Waals surface area contributed by atoms with Crippen LogP contribution in [0.1, 0.15) is 10.6 Å². The number of amides is 1. The fourth-order valence-electron chi connectivity index (χ4n) is 1.49. The summed E-state index contributed by atoms with van der Waals surface area (Å²) in [5.74, 6) is 0.397. The van der Waals surface area contributed by atoms with Crippen molar-refractivity contribution >= 4 is 16.9 Å². The Morgan fingerprint density at radius 2 is 2.13 bits per heavy atom. The normalized spacial score (nSPS) is 10.3. The highest BCUT2D eigenvalue weighted by Crippen LogP contribution is 2.32. The van der Waals surface area contributed by atoms with Crippen molar-refractivity contribution in [1.82, 2.24) is 5.32 Å². The number of hydrogen-bond acceptors (Lipinski definition) is 3. The lowest BCUT2D eigenvalue weighted by atomic mass is 10.2. The Morgan fingerprint density at radius 1 is 1.40 bits per heavy atom. The molecule has 1 N–H and O–H groups in total. The van der Waals surface area contributed by atoms with Crippen molar-refractivity contribution in [2.24, 2.45) is 0 Å². The highest BCUT2D eigenvalue weighted by Gasteiger charge is 2.19. The molecule has 0 atom stereocenters. The van der Waals surface area contributed by atoms with Crippen molar-refractivity contribution in [3.8, 4) is 5.75 Å². The Hall–Kier alpha value is -1.97. The summed E-state index contributed by atoms with van der Waals surface area (Å²) in [7, 11) is 3.07. The number of rotatable bonds is 2. The molecule has 78 valence electrons. The minimum absolute atomic E-state index is 0.209. The summed E-state index contributed by atoms with van der Waals surface area (Å²) in [4.78, 5) is 11.5. The first-order valence-corrected chi connectivity index (χ1v) is 4.55. The van der Waals surface area contributed by atoms with Crippen LogP contribution in [0, 0.1) is 0 Å². The Bertz CT molecular complexity index is 502. The first kappa shape index (κ1) is 9.58. The molecule has 0 aliphatic carbocycles. The predicted molar refractivity (Wildman–Crippen MR) is 56.2 cm³/mol. The van der Waals surface area contributed by atoms with Gasteiger partial charge in [-0.1, -0.05) is 12.1 Å². The SMILES string of the molecule is CNC(=O)c1oc2ccccc2c1OC. The van der Waals surface area contributed by atoms with Crippen LogP contribution < -0.4 is 10.1 Å². The van der Waals surface area contributed by atoms with Gasteiger partial charge in [0.1, 0.15) is 5.58 Å². The minimum Gasteiger partial charge on any atom is -0.492 e. The van der Waals surface area contributed by atoms with Gasteiger partial charge < -0.3 is 14.5 Å². The topological polar surface area (TPSA) is 51.5 Å². The molecule has 0 radical (unpaired) electrons. The van der Waals surface area contributed by atoms with Crippen LogP contribution in [0.25, 0.3) is 11.0 Å². The van der Waals surface area contributed by atoms with Crippen molar-refractivity contribution < 1.29 is 13.9 Å². The molecule has 0 saturated heterocycles. The summed E-state index contributed by atoms with van der Waals surface area (Å²) < 4.78 is 10.6. The van der Waals surface area contributed by atoms with Gasteiger partial charge in [-0.25, -0.2) is 0 Å². The Labute approximate surface area is 86.8 Å².